The Labute approximate surface area is 435 Å². The lowest BCUT2D eigenvalue weighted by Crippen LogP contribution is -2.26. The zero-order chi connectivity index (χ0) is 49.0. The molecule has 13 aromatic carbocycles. The Morgan fingerprint density at radius 2 is 0.533 bits per heavy atom. The van der Waals surface area contributed by atoms with Crippen LogP contribution in [0.1, 0.15) is 44.5 Å². The van der Waals surface area contributed by atoms with Crippen LogP contribution in [-0.2, 0) is 10.8 Å². The summed E-state index contributed by atoms with van der Waals surface area (Å²) in [5, 5.41) is 7.58. The first-order valence-corrected chi connectivity index (χ1v) is 26.3. The molecule has 17 rings (SSSR count). The summed E-state index contributed by atoms with van der Waals surface area (Å²) in [6.07, 6.45) is 0. The van der Waals surface area contributed by atoms with Crippen molar-refractivity contribution in [3.05, 3.63) is 317 Å². The van der Waals surface area contributed by atoms with Gasteiger partial charge >= 0.3 is 0 Å². The van der Waals surface area contributed by atoms with Crippen molar-refractivity contribution in [3.8, 4) is 55.6 Å². The number of hydrogen-bond donors (Lipinski definition) is 0. The van der Waals surface area contributed by atoms with Gasteiger partial charge in [-0.15, -0.1) is 0 Å². The first kappa shape index (κ1) is 41.0. The third-order valence-electron chi connectivity index (χ3n) is 17.7. The molecule has 75 heavy (non-hydrogen) atoms. The first-order valence-electron chi connectivity index (χ1n) is 26.3. The summed E-state index contributed by atoms with van der Waals surface area (Å²) in [7, 11) is 0. The average Bonchev–Trinajstić information content (AvgIpc) is 4.18. The van der Waals surface area contributed by atoms with Gasteiger partial charge in [0.05, 0.1) is 10.8 Å². The fourth-order valence-electron chi connectivity index (χ4n) is 14.9. The Kier molecular flexibility index (Phi) is 8.20. The van der Waals surface area contributed by atoms with Crippen molar-refractivity contribution in [3.63, 3.8) is 0 Å². The molecule has 0 atom stereocenters. The summed E-state index contributed by atoms with van der Waals surface area (Å²) in [6.45, 7) is 0. The molecule has 0 unspecified atom stereocenters. The topological polar surface area (TPSA) is 3.24 Å². The highest BCUT2D eigenvalue weighted by molar-refractivity contribution is 6.26. The largest absolute Gasteiger partial charge is 0.310 e. The SMILES string of the molecule is c1ccc2c(c1)-c1ccccc1C21c2ccccc2-c2ccc(N(c3ccc(-c4cccc5c4C4(c6ccccc6-c6ccccc64)c4ccccc4-5)cc3)c3ccc4c5ccccc5c5ccccc5c4c3)cc21. The van der Waals surface area contributed by atoms with E-state index in [9.17, 15) is 0 Å². The molecule has 0 aliphatic heterocycles. The molecule has 0 heterocycles. The molecule has 0 radical (unpaired) electrons. The lowest BCUT2D eigenvalue weighted by atomic mass is 9.68. The van der Waals surface area contributed by atoms with Gasteiger partial charge in [0.15, 0.2) is 0 Å². The van der Waals surface area contributed by atoms with Crippen molar-refractivity contribution < 1.29 is 0 Å². The first-order chi connectivity index (χ1) is 37.2. The lowest BCUT2D eigenvalue weighted by molar-refractivity contribution is 0.793. The molecule has 4 aliphatic carbocycles. The van der Waals surface area contributed by atoms with Crippen LogP contribution < -0.4 is 4.90 Å². The Hall–Kier alpha value is -9.56. The maximum absolute atomic E-state index is 2.52. The number of hydrogen-bond acceptors (Lipinski definition) is 1. The Bertz CT molecular complexity index is 4450. The Morgan fingerprint density at radius 1 is 0.200 bits per heavy atom. The number of anilines is 3. The zero-order valence-electron chi connectivity index (χ0n) is 40.9. The Balaban J connectivity index is 0.900. The second-order valence-electron chi connectivity index (χ2n) is 20.9. The van der Waals surface area contributed by atoms with Crippen molar-refractivity contribution >= 4 is 49.4 Å². The fraction of sp³-hybridized carbons (Fsp3) is 0.0270. The number of fused-ring (bicyclic) bond motifs is 26. The summed E-state index contributed by atoms with van der Waals surface area (Å²) in [6, 6.07) is 103. The van der Waals surface area contributed by atoms with Gasteiger partial charge < -0.3 is 4.90 Å². The van der Waals surface area contributed by atoms with Gasteiger partial charge in [-0.05, 0) is 169 Å². The lowest BCUT2D eigenvalue weighted by Gasteiger charge is -2.33. The predicted molar refractivity (Wildman–Crippen MR) is 312 cm³/mol. The molecular weight excluding hydrogens is 903 g/mol. The smallest absolute Gasteiger partial charge is 0.0731 e. The molecule has 2 spiro atoms. The quantitative estimate of drug-likeness (QED) is 0.159. The average molecular weight is 948 g/mol. The second-order valence-corrected chi connectivity index (χ2v) is 20.9. The van der Waals surface area contributed by atoms with Crippen molar-refractivity contribution in [2.75, 3.05) is 4.90 Å². The van der Waals surface area contributed by atoms with Crippen molar-refractivity contribution in [1.29, 1.82) is 0 Å². The summed E-state index contributed by atoms with van der Waals surface area (Å²) in [5.74, 6) is 0. The molecule has 4 aliphatic rings. The number of benzene rings is 13. The van der Waals surface area contributed by atoms with E-state index in [1.54, 1.807) is 0 Å². The van der Waals surface area contributed by atoms with Crippen LogP contribution in [0.3, 0.4) is 0 Å². The van der Waals surface area contributed by atoms with E-state index in [4.69, 9.17) is 0 Å². The van der Waals surface area contributed by atoms with Gasteiger partial charge in [-0.3, -0.25) is 0 Å². The minimum atomic E-state index is -0.470. The van der Waals surface area contributed by atoms with Gasteiger partial charge in [-0.2, -0.15) is 0 Å². The van der Waals surface area contributed by atoms with Gasteiger partial charge in [0, 0.05) is 17.1 Å². The second kappa shape index (κ2) is 15.0. The summed E-state index contributed by atoms with van der Waals surface area (Å²) in [5.41, 5.74) is 26.1. The molecule has 0 saturated carbocycles. The molecule has 0 aromatic heterocycles. The van der Waals surface area contributed by atoms with Gasteiger partial charge in [0.25, 0.3) is 0 Å². The van der Waals surface area contributed by atoms with Gasteiger partial charge in [0.2, 0.25) is 0 Å². The van der Waals surface area contributed by atoms with E-state index < -0.39 is 10.8 Å². The maximum atomic E-state index is 2.52. The predicted octanol–water partition coefficient (Wildman–Crippen LogP) is 19.0. The molecule has 0 saturated heterocycles. The van der Waals surface area contributed by atoms with E-state index in [0.717, 1.165) is 17.1 Å². The van der Waals surface area contributed by atoms with Crippen molar-refractivity contribution in [1.82, 2.24) is 0 Å². The monoisotopic (exact) mass is 947 g/mol. The van der Waals surface area contributed by atoms with Gasteiger partial charge in [-0.1, -0.05) is 237 Å². The van der Waals surface area contributed by atoms with Crippen LogP contribution in [0, 0.1) is 0 Å². The van der Waals surface area contributed by atoms with Gasteiger partial charge in [-0.25, -0.2) is 0 Å². The minimum Gasteiger partial charge on any atom is -0.310 e. The minimum absolute atomic E-state index is 0.451. The van der Waals surface area contributed by atoms with Crippen LogP contribution in [0.15, 0.2) is 273 Å². The maximum Gasteiger partial charge on any atom is 0.0731 e. The molecule has 346 valence electrons. The summed E-state index contributed by atoms with van der Waals surface area (Å²) < 4.78 is 0. The van der Waals surface area contributed by atoms with E-state index in [1.807, 2.05) is 0 Å². The van der Waals surface area contributed by atoms with Crippen LogP contribution in [0.2, 0.25) is 0 Å². The summed E-state index contributed by atoms with van der Waals surface area (Å²) >= 11 is 0. The van der Waals surface area contributed by atoms with Crippen LogP contribution >= 0.6 is 0 Å². The highest BCUT2D eigenvalue weighted by Crippen LogP contribution is 2.66. The number of nitrogens with zero attached hydrogens (tertiary/aromatic N) is 1. The Morgan fingerprint density at radius 3 is 1.03 bits per heavy atom. The summed E-state index contributed by atoms with van der Waals surface area (Å²) in [4.78, 5) is 2.51. The molecule has 0 amide bonds. The molecule has 13 aromatic rings. The normalized spacial score (nSPS) is 14.1. The molecular formula is C74H45N. The van der Waals surface area contributed by atoms with Crippen LogP contribution in [-0.4, -0.2) is 0 Å². The molecule has 1 heteroatoms. The van der Waals surface area contributed by atoms with Crippen molar-refractivity contribution in [2.24, 2.45) is 0 Å². The fourth-order valence-corrected chi connectivity index (χ4v) is 14.9. The van der Waals surface area contributed by atoms with Crippen LogP contribution in [0.5, 0.6) is 0 Å². The van der Waals surface area contributed by atoms with E-state index in [2.05, 4.69) is 278 Å². The van der Waals surface area contributed by atoms with Crippen molar-refractivity contribution in [2.45, 2.75) is 10.8 Å². The molecule has 0 bridgehead atoms. The van der Waals surface area contributed by atoms with E-state index in [0.29, 0.717) is 0 Å². The molecule has 1 nitrogen and oxygen atoms in total. The van der Waals surface area contributed by atoms with Gasteiger partial charge in [0.1, 0.15) is 0 Å². The van der Waals surface area contributed by atoms with E-state index >= 15 is 0 Å². The molecule has 0 N–H and O–H groups in total. The standard InChI is InChI=1S/C74H45N/c1-2-20-53-51(18-1)52-19-3-4-21-54(52)64-44-48(40-42-55(53)64)75(49-41-43-62-60-26-7-13-32-67(60)73(71(62)45-49)65-30-11-5-22-56(65)57-23-6-12-31-66(57)73)47-38-36-46(37-39-47)50-28-17-29-63-61-27-10-16-35-70(61)74(72(50)63)68-33-14-8-24-58(68)59-25-9-15-34-69(59)74/h1-45H. The highest BCUT2D eigenvalue weighted by atomic mass is 15.1. The van der Waals surface area contributed by atoms with E-state index in [1.165, 1.54) is 132 Å². The third kappa shape index (κ3) is 5.17. The van der Waals surface area contributed by atoms with E-state index in [-0.39, 0.29) is 0 Å². The highest BCUT2D eigenvalue weighted by Gasteiger charge is 2.54. The van der Waals surface area contributed by atoms with Crippen LogP contribution in [0.25, 0.3) is 88.0 Å². The van der Waals surface area contributed by atoms with Crippen LogP contribution in [0.4, 0.5) is 17.1 Å². The molecule has 0 fully saturated rings. The third-order valence-corrected chi connectivity index (χ3v) is 17.7. The zero-order valence-corrected chi connectivity index (χ0v) is 40.9. The number of rotatable bonds is 4.